The molecule has 3 aromatic carbocycles. The zero-order valence-corrected chi connectivity index (χ0v) is 19.9. The summed E-state index contributed by atoms with van der Waals surface area (Å²) in [4.78, 5) is 39.9. The first-order chi connectivity index (χ1) is 17.4. The molecule has 3 aromatic rings. The number of carbonyl (C=O) groups excluding carboxylic acids is 3. The van der Waals surface area contributed by atoms with E-state index in [4.69, 9.17) is 9.47 Å². The maximum Gasteiger partial charge on any atom is 0.337 e. The number of likely N-dealkylation sites (tertiary alicyclic amines) is 1. The second-order valence-corrected chi connectivity index (χ2v) is 8.98. The van der Waals surface area contributed by atoms with Crippen molar-refractivity contribution in [3.05, 3.63) is 106 Å². The molecule has 0 radical (unpaired) electrons. The van der Waals surface area contributed by atoms with E-state index in [2.05, 4.69) is 0 Å². The summed E-state index contributed by atoms with van der Waals surface area (Å²) in [5.41, 5.74) is 3.17. The van der Waals surface area contributed by atoms with Crippen LogP contribution in [0.1, 0.15) is 45.6 Å². The summed E-state index contributed by atoms with van der Waals surface area (Å²) >= 11 is 0. The van der Waals surface area contributed by atoms with Crippen LogP contribution in [0.3, 0.4) is 0 Å². The number of methoxy groups -OCH3 is 1. The van der Waals surface area contributed by atoms with E-state index in [1.54, 1.807) is 42.5 Å². The summed E-state index contributed by atoms with van der Waals surface area (Å²) in [5.74, 6) is -1.43. The van der Waals surface area contributed by atoms with E-state index in [9.17, 15) is 19.5 Å². The van der Waals surface area contributed by atoms with E-state index >= 15 is 0 Å². The van der Waals surface area contributed by atoms with Gasteiger partial charge in [0.1, 0.15) is 17.6 Å². The Morgan fingerprint density at radius 1 is 1.03 bits per heavy atom. The van der Waals surface area contributed by atoms with Crippen molar-refractivity contribution in [2.75, 3.05) is 7.11 Å². The Kier molecular flexibility index (Phi) is 6.06. The summed E-state index contributed by atoms with van der Waals surface area (Å²) in [7, 11) is 1.30. The molecule has 0 saturated carbocycles. The smallest absolute Gasteiger partial charge is 0.337 e. The van der Waals surface area contributed by atoms with Gasteiger partial charge >= 0.3 is 5.97 Å². The number of ketones is 1. The van der Waals surface area contributed by atoms with Gasteiger partial charge in [0.2, 0.25) is 0 Å². The molecule has 0 aliphatic carbocycles. The number of fused-ring (bicyclic) bond motifs is 1. The van der Waals surface area contributed by atoms with Gasteiger partial charge in [-0.3, -0.25) is 9.59 Å². The average Bonchev–Trinajstić information content (AvgIpc) is 3.39. The fourth-order valence-corrected chi connectivity index (χ4v) is 4.81. The normalized spacial score (nSPS) is 20.2. The third-order valence-electron chi connectivity index (χ3n) is 6.55. The van der Waals surface area contributed by atoms with Crippen LogP contribution in [0.4, 0.5) is 0 Å². The maximum absolute atomic E-state index is 13.3. The molecule has 7 heteroatoms. The van der Waals surface area contributed by atoms with Crippen LogP contribution in [0.2, 0.25) is 0 Å². The third-order valence-corrected chi connectivity index (χ3v) is 6.55. The number of Topliss-reactive ketones (excluding diaryl/α,β-unsaturated/α-hetero) is 1. The average molecular weight is 484 g/mol. The zero-order valence-electron chi connectivity index (χ0n) is 19.9. The van der Waals surface area contributed by atoms with Gasteiger partial charge in [0.05, 0.1) is 24.3 Å². The van der Waals surface area contributed by atoms with Crippen molar-refractivity contribution in [2.24, 2.45) is 0 Å². The van der Waals surface area contributed by atoms with Crippen molar-refractivity contribution in [1.29, 1.82) is 0 Å². The predicted molar refractivity (Wildman–Crippen MR) is 132 cm³/mol. The molecule has 0 aromatic heterocycles. The Balaban J connectivity index is 1.62. The lowest BCUT2D eigenvalue weighted by atomic mass is 9.93. The van der Waals surface area contributed by atoms with E-state index in [-0.39, 0.29) is 24.0 Å². The minimum atomic E-state index is -0.833. The van der Waals surface area contributed by atoms with E-state index < -0.39 is 23.7 Å². The Morgan fingerprint density at radius 2 is 1.72 bits per heavy atom. The molecule has 2 aliphatic rings. The number of hydrogen-bond donors (Lipinski definition) is 1. The molecule has 0 bridgehead atoms. The zero-order chi connectivity index (χ0) is 25.4. The SMILES string of the molecule is COC(=O)c1ccc([C@H]2C(=C(O)c3ccc4c(c3)C[C@H](C)O4)C(=O)C(=O)N2Cc2ccccc2)cc1. The number of ether oxygens (including phenoxy) is 2. The lowest BCUT2D eigenvalue weighted by Crippen LogP contribution is -2.29. The molecule has 7 nitrogen and oxygen atoms in total. The van der Waals surface area contributed by atoms with Gasteiger partial charge in [-0.25, -0.2) is 4.79 Å². The third kappa shape index (κ3) is 4.13. The highest BCUT2D eigenvalue weighted by Crippen LogP contribution is 2.41. The molecule has 1 N–H and O–H groups in total. The van der Waals surface area contributed by atoms with Gasteiger partial charge in [0, 0.05) is 18.5 Å². The second-order valence-electron chi connectivity index (χ2n) is 8.98. The van der Waals surface area contributed by atoms with Crippen LogP contribution in [0.5, 0.6) is 5.75 Å². The summed E-state index contributed by atoms with van der Waals surface area (Å²) in [5, 5.41) is 11.4. The first kappa shape index (κ1) is 23.4. The summed E-state index contributed by atoms with van der Waals surface area (Å²) in [6.07, 6.45) is 0.721. The van der Waals surface area contributed by atoms with Crippen molar-refractivity contribution in [3.63, 3.8) is 0 Å². The number of aliphatic hydroxyl groups excluding tert-OH is 1. The van der Waals surface area contributed by atoms with Gasteiger partial charge in [-0.2, -0.15) is 0 Å². The Labute approximate surface area is 208 Å². The first-order valence-corrected chi connectivity index (χ1v) is 11.7. The Bertz CT molecular complexity index is 1380. The highest BCUT2D eigenvalue weighted by atomic mass is 16.5. The molecule has 182 valence electrons. The van der Waals surface area contributed by atoms with Crippen molar-refractivity contribution in [2.45, 2.75) is 32.0 Å². The molecule has 0 spiro atoms. The van der Waals surface area contributed by atoms with Crippen LogP contribution >= 0.6 is 0 Å². The molecular weight excluding hydrogens is 458 g/mol. The molecular formula is C29H25NO6. The highest BCUT2D eigenvalue weighted by Gasteiger charge is 2.46. The molecule has 2 aliphatic heterocycles. The lowest BCUT2D eigenvalue weighted by Gasteiger charge is -2.25. The molecule has 0 unspecified atom stereocenters. The van der Waals surface area contributed by atoms with Crippen LogP contribution in [0.15, 0.2) is 78.4 Å². The van der Waals surface area contributed by atoms with Crippen molar-refractivity contribution in [3.8, 4) is 5.75 Å². The largest absolute Gasteiger partial charge is 0.507 e. The van der Waals surface area contributed by atoms with E-state index in [1.165, 1.54) is 12.0 Å². The fraction of sp³-hybridized carbons (Fsp3) is 0.207. The van der Waals surface area contributed by atoms with Gasteiger partial charge in [-0.15, -0.1) is 0 Å². The Hall–Kier alpha value is -4.39. The van der Waals surface area contributed by atoms with Crippen LogP contribution in [0, 0.1) is 0 Å². The number of benzene rings is 3. The molecule has 2 heterocycles. The number of carbonyl (C=O) groups is 3. The summed E-state index contributed by atoms with van der Waals surface area (Å²) in [6.45, 7) is 2.15. The maximum atomic E-state index is 13.3. The van der Waals surface area contributed by atoms with Gasteiger partial charge in [0.15, 0.2) is 0 Å². The number of amides is 1. The van der Waals surface area contributed by atoms with Crippen LogP contribution in [-0.4, -0.2) is 40.9 Å². The highest BCUT2D eigenvalue weighted by molar-refractivity contribution is 6.46. The summed E-state index contributed by atoms with van der Waals surface area (Å²) in [6, 6.07) is 20.3. The molecule has 2 atom stereocenters. The molecule has 1 saturated heterocycles. The topological polar surface area (TPSA) is 93.1 Å². The number of rotatable bonds is 5. The second kappa shape index (κ2) is 9.34. The minimum absolute atomic E-state index is 0.00802. The minimum Gasteiger partial charge on any atom is -0.507 e. The number of esters is 1. The van der Waals surface area contributed by atoms with Gasteiger partial charge in [-0.1, -0.05) is 42.5 Å². The van der Waals surface area contributed by atoms with Crippen LogP contribution in [-0.2, 0) is 27.3 Å². The summed E-state index contributed by atoms with van der Waals surface area (Å²) < 4.78 is 10.5. The van der Waals surface area contributed by atoms with Gasteiger partial charge < -0.3 is 19.5 Å². The first-order valence-electron chi connectivity index (χ1n) is 11.7. The van der Waals surface area contributed by atoms with Crippen molar-refractivity contribution >= 4 is 23.4 Å². The molecule has 1 fully saturated rings. The number of aliphatic hydroxyl groups is 1. The molecule has 5 rings (SSSR count). The standard InChI is InChI=1S/C29H25NO6/c1-17-14-22-15-21(12-13-23(22)36-17)26(31)24-25(19-8-10-20(11-9-19)29(34)35-2)30(28(33)27(24)32)16-18-6-4-3-5-7-18/h3-13,15,17,25,31H,14,16H2,1-2H3/t17-,25-/m0/s1. The van der Waals surface area contributed by atoms with E-state index in [0.717, 1.165) is 16.9 Å². The fourth-order valence-electron chi connectivity index (χ4n) is 4.81. The van der Waals surface area contributed by atoms with Crippen molar-refractivity contribution < 1.29 is 29.0 Å². The Morgan fingerprint density at radius 3 is 2.42 bits per heavy atom. The number of hydrogen-bond acceptors (Lipinski definition) is 6. The number of nitrogens with zero attached hydrogens (tertiary/aromatic N) is 1. The van der Waals surface area contributed by atoms with Gasteiger partial charge in [-0.05, 0) is 53.9 Å². The van der Waals surface area contributed by atoms with E-state index in [1.807, 2.05) is 37.3 Å². The monoisotopic (exact) mass is 483 g/mol. The quantitative estimate of drug-likeness (QED) is 0.250. The van der Waals surface area contributed by atoms with Gasteiger partial charge in [0.25, 0.3) is 11.7 Å². The predicted octanol–water partition coefficient (Wildman–Crippen LogP) is 4.42. The lowest BCUT2D eigenvalue weighted by molar-refractivity contribution is -0.140. The van der Waals surface area contributed by atoms with Crippen molar-refractivity contribution in [1.82, 2.24) is 4.90 Å². The molecule has 1 amide bonds. The van der Waals surface area contributed by atoms with E-state index in [0.29, 0.717) is 23.1 Å². The van der Waals surface area contributed by atoms with Crippen LogP contribution in [0.25, 0.3) is 5.76 Å². The molecule has 36 heavy (non-hydrogen) atoms. The van der Waals surface area contributed by atoms with Crippen LogP contribution < -0.4 is 4.74 Å².